The lowest BCUT2D eigenvalue weighted by atomic mass is 10.00. The van der Waals surface area contributed by atoms with Crippen LogP contribution >= 0.6 is 0 Å². The van der Waals surface area contributed by atoms with Crippen LogP contribution in [0.4, 0.5) is 5.95 Å². The van der Waals surface area contributed by atoms with Crippen LogP contribution in [-0.4, -0.2) is 72.4 Å². The number of methoxy groups -OCH3 is 1. The van der Waals surface area contributed by atoms with E-state index in [1.54, 1.807) is 31.2 Å². The number of anilines is 1. The van der Waals surface area contributed by atoms with Crippen LogP contribution < -0.4 is 5.32 Å². The minimum Gasteiger partial charge on any atom is -0.497 e. The lowest BCUT2D eigenvalue weighted by Crippen LogP contribution is -2.41. The second kappa shape index (κ2) is 10.7. The summed E-state index contributed by atoms with van der Waals surface area (Å²) in [5, 5.41) is 12.9. The van der Waals surface area contributed by atoms with Crippen LogP contribution in [0.1, 0.15) is 12.5 Å². The van der Waals surface area contributed by atoms with E-state index >= 15 is 0 Å². The van der Waals surface area contributed by atoms with Gasteiger partial charge in [0.1, 0.15) is 5.76 Å². The summed E-state index contributed by atoms with van der Waals surface area (Å²) in [7, 11) is 1.56. The number of amides is 1. The maximum absolute atomic E-state index is 12.7. The van der Waals surface area contributed by atoms with Crippen molar-refractivity contribution in [2.24, 2.45) is 0 Å². The highest BCUT2D eigenvalue weighted by molar-refractivity contribution is 5.96. The number of aliphatic hydroxyl groups excluding tert-OH is 1. The first-order valence-corrected chi connectivity index (χ1v) is 10.1. The van der Waals surface area contributed by atoms with Gasteiger partial charge in [-0.05, 0) is 6.92 Å². The number of aliphatic hydroxyl groups is 1. The molecule has 2 heterocycles. The largest absolute Gasteiger partial charge is 0.497 e. The van der Waals surface area contributed by atoms with Crippen molar-refractivity contribution in [3.8, 4) is 0 Å². The molecule has 1 saturated heterocycles. The second-order valence-electron chi connectivity index (χ2n) is 7.05. The zero-order valence-electron chi connectivity index (χ0n) is 17.9. The fraction of sp³-hybridized carbons (Fsp3) is 0.348. The van der Waals surface area contributed by atoms with Gasteiger partial charge in [-0.25, -0.2) is 9.97 Å². The standard InChI is InChI=1S/C23H28N4O4/c1-16(22(29)27-10-13-31-14-11-27)7-8-19(17(2)30-3)20-6-4-5-18-15-25-23(24-9-12-28)26-21(18)20/h4-8,15,28H,2,9-14H2,1,3H3,(H,24,25,26)/b16-7+,19-8+. The molecule has 1 aliphatic heterocycles. The Hall–Kier alpha value is -3.23. The lowest BCUT2D eigenvalue weighted by molar-refractivity contribution is -0.131. The molecule has 1 aliphatic rings. The summed E-state index contributed by atoms with van der Waals surface area (Å²) in [6.45, 7) is 8.45. The second-order valence-corrected chi connectivity index (χ2v) is 7.05. The first-order chi connectivity index (χ1) is 15.0. The number of aromatic nitrogens is 2. The average Bonchev–Trinajstić information content (AvgIpc) is 2.82. The molecule has 0 radical (unpaired) electrons. The molecule has 0 unspecified atom stereocenters. The molecule has 8 nitrogen and oxygen atoms in total. The number of carbonyl (C=O) groups excluding carboxylic acids is 1. The smallest absolute Gasteiger partial charge is 0.249 e. The number of rotatable bonds is 8. The van der Waals surface area contributed by atoms with Crippen LogP contribution in [0, 0.1) is 0 Å². The monoisotopic (exact) mass is 424 g/mol. The molecular formula is C23H28N4O4. The van der Waals surface area contributed by atoms with E-state index in [1.807, 2.05) is 24.3 Å². The van der Waals surface area contributed by atoms with Gasteiger partial charge in [-0.2, -0.15) is 0 Å². The Morgan fingerprint density at radius 3 is 2.84 bits per heavy atom. The van der Waals surface area contributed by atoms with Gasteiger partial charge in [0.05, 0.1) is 32.4 Å². The number of carbonyl (C=O) groups is 1. The van der Waals surface area contributed by atoms with Gasteiger partial charge >= 0.3 is 0 Å². The van der Waals surface area contributed by atoms with Crippen molar-refractivity contribution in [3.63, 3.8) is 0 Å². The van der Waals surface area contributed by atoms with Gasteiger partial charge in [-0.3, -0.25) is 4.79 Å². The zero-order valence-corrected chi connectivity index (χ0v) is 17.9. The Morgan fingerprint density at radius 1 is 1.35 bits per heavy atom. The minimum atomic E-state index is -0.0179. The number of allylic oxidation sites excluding steroid dienone is 3. The maximum Gasteiger partial charge on any atom is 0.249 e. The number of nitrogens with zero attached hydrogens (tertiary/aromatic N) is 3. The Morgan fingerprint density at radius 2 is 2.13 bits per heavy atom. The van der Waals surface area contributed by atoms with Crippen molar-refractivity contribution in [3.05, 3.63) is 60.0 Å². The Balaban J connectivity index is 1.99. The van der Waals surface area contributed by atoms with Crippen molar-refractivity contribution < 1.29 is 19.4 Å². The molecule has 1 fully saturated rings. The predicted molar refractivity (Wildman–Crippen MR) is 120 cm³/mol. The van der Waals surface area contributed by atoms with Crippen molar-refractivity contribution in [1.82, 2.24) is 14.9 Å². The van der Waals surface area contributed by atoms with Gasteiger partial charge in [-0.1, -0.05) is 36.9 Å². The summed E-state index contributed by atoms with van der Waals surface area (Å²) in [5.74, 6) is 0.863. The van der Waals surface area contributed by atoms with Crippen LogP contribution in [-0.2, 0) is 14.3 Å². The number of para-hydroxylation sites is 1. The minimum absolute atomic E-state index is 0.0161. The molecule has 2 aromatic rings. The van der Waals surface area contributed by atoms with Crippen LogP contribution in [0.2, 0.25) is 0 Å². The van der Waals surface area contributed by atoms with Crippen molar-refractivity contribution in [1.29, 1.82) is 0 Å². The van der Waals surface area contributed by atoms with Crippen molar-refractivity contribution in [2.45, 2.75) is 6.92 Å². The number of fused-ring (bicyclic) bond motifs is 1. The molecule has 8 heteroatoms. The Bertz CT molecular complexity index is 1010. The van der Waals surface area contributed by atoms with Crippen LogP contribution in [0.3, 0.4) is 0 Å². The van der Waals surface area contributed by atoms with E-state index in [2.05, 4.69) is 21.9 Å². The molecule has 1 aromatic heterocycles. The summed E-state index contributed by atoms with van der Waals surface area (Å²) in [6, 6.07) is 5.76. The highest BCUT2D eigenvalue weighted by Gasteiger charge is 2.18. The summed E-state index contributed by atoms with van der Waals surface area (Å²) in [6.07, 6.45) is 5.33. The fourth-order valence-corrected chi connectivity index (χ4v) is 3.26. The molecule has 2 N–H and O–H groups in total. The quantitative estimate of drug-likeness (QED) is 0.381. The van der Waals surface area contributed by atoms with Crippen LogP contribution in [0.5, 0.6) is 0 Å². The van der Waals surface area contributed by atoms with Gasteiger partial charge in [0, 0.05) is 47.9 Å². The summed E-state index contributed by atoms with van der Waals surface area (Å²) < 4.78 is 10.7. The maximum atomic E-state index is 12.7. The summed E-state index contributed by atoms with van der Waals surface area (Å²) >= 11 is 0. The molecule has 31 heavy (non-hydrogen) atoms. The Labute approximate surface area is 181 Å². The van der Waals surface area contributed by atoms with E-state index in [0.29, 0.717) is 61.2 Å². The van der Waals surface area contributed by atoms with E-state index in [4.69, 9.17) is 14.6 Å². The number of benzene rings is 1. The molecule has 0 bridgehead atoms. The SMILES string of the molecule is C=C(OC)/C(=C\C=C(/C)C(=O)N1CCOCC1)c1cccc2cnc(NCCO)nc12. The number of morpholine rings is 1. The van der Waals surface area contributed by atoms with Gasteiger partial charge in [0.2, 0.25) is 11.9 Å². The van der Waals surface area contributed by atoms with Gasteiger partial charge in [0.25, 0.3) is 0 Å². The number of nitrogens with one attached hydrogen (secondary N) is 1. The third-order valence-corrected chi connectivity index (χ3v) is 4.98. The van der Waals surface area contributed by atoms with Crippen molar-refractivity contribution >= 4 is 28.3 Å². The predicted octanol–water partition coefficient (Wildman–Crippen LogP) is 2.38. The number of ether oxygens (including phenoxy) is 2. The van der Waals surface area contributed by atoms with E-state index in [1.165, 1.54) is 0 Å². The molecule has 0 aliphatic carbocycles. The third-order valence-electron chi connectivity index (χ3n) is 4.98. The molecule has 0 saturated carbocycles. The molecule has 3 rings (SSSR count). The fourth-order valence-electron chi connectivity index (χ4n) is 3.26. The lowest BCUT2D eigenvalue weighted by Gasteiger charge is -2.27. The molecular weight excluding hydrogens is 396 g/mol. The topological polar surface area (TPSA) is 96.8 Å². The van der Waals surface area contributed by atoms with Gasteiger partial charge in [-0.15, -0.1) is 0 Å². The summed E-state index contributed by atoms with van der Waals surface area (Å²) in [5.41, 5.74) is 2.85. The first kappa shape index (κ1) is 22.5. The number of hydrogen-bond donors (Lipinski definition) is 2. The van der Waals surface area contributed by atoms with E-state index in [0.717, 1.165) is 10.9 Å². The molecule has 1 amide bonds. The van der Waals surface area contributed by atoms with Crippen molar-refractivity contribution in [2.75, 3.05) is 51.9 Å². The zero-order chi connectivity index (χ0) is 22.2. The molecule has 1 aromatic carbocycles. The van der Waals surface area contributed by atoms with E-state index < -0.39 is 0 Å². The van der Waals surface area contributed by atoms with E-state index in [-0.39, 0.29) is 12.5 Å². The first-order valence-electron chi connectivity index (χ1n) is 10.1. The van der Waals surface area contributed by atoms with Crippen LogP contribution in [0.15, 0.2) is 54.5 Å². The normalized spacial score (nSPS) is 15.1. The van der Waals surface area contributed by atoms with Crippen LogP contribution in [0.25, 0.3) is 16.5 Å². The summed E-state index contributed by atoms with van der Waals surface area (Å²) in [4.78, 5) is 23.4. The average molecular weight is 425 g/mol. The Kier molecular flexibility index (Phi) is 7.75. The van der Waals surface area contributed by atoms with E-state index in [9.17, 15) is 4.79 Å². The molecule has 0 spiro atoms. The van der Waals surface area contributed by atoms with Gasteiger partial charge < -0.3 is 24.8 Å². The highest BCUT2D eigenvalue weighted by atomic mass is 16.5. The van der Waals surface area contributed by atoms with Gasteiger partial charge in [0.15, 0.2) is 0 Å². The number of hydrogen-bond acceptors (Lipinski definition) is 7. The highest BCUT2D eigenvalue weighted by Crippen LogP contribution is 2.29. The molecule has 164 valence electrons. The molecule has 0 atom stereocenters. The third kappa shape index (κ3) is 5.48.